The average molecular weight is 323 g/mol. The maximum absolute atomic E-state index is 5.53. The second-order valence-electron chi connectivity index (χ2n) is 6.17. The highest BCUT2D eigenvalue weighted by Crippen LogP contribution is 2.40. The number of rotatable bonds is 2. The van der Waals surface area contributed by atoms with Crippen LogP contribution in [0.4, 0.5) is 5.82 Å². The topological polar surface area (TPSA) is 64.8 Å². The molecule has 2 aliphatic heterocycles. The molecule has 0 N–H and O–H groups in total. The zero-order valence-electron chi connectivity index (χ0n) is 13.3. The Morgan fingerprint density at radius 3 is 2.96 bits per heavy atom. The molecule has 1 saturated heterocycles. The van der Waals surface area contributed by atoms with Crippen molar-refractivity contribution in [3.05, 3.63) is 41.7 Å². The Kier molecular flexibility index (Phi) is 2.88. The first kappa shape index (κ1) is 13.6. The lowest BCUT2D eigenvalue weighted by Gasteiger charge is -2.26. The first-order valence-corrected chi connectivity index (χ1v) is 8.15. The molecule has 2 aliphatic rings. The van der Waals surface area contributed by atoms with Crippen molar-refractivity contribution >= 4 is 11.5 Å². The predicted molar refractivity (Wildman–Crippen MR) is 87.4 cm³/mol. The molecular weight excluding hydrogens is 306 g/mol. The summed E-state index contributed by atoms with van der Waals surface area (Å²) in [7, 11) is 0. The van der Waals surface area contributed by atoms with E-state index in [0.717, 1.165) is 48.2 Å². The highest BCUT2D eigenvalue weighted by Gasteiger charge is 2.29. The molecule has 0 amide bonds. The number of fused-ring (bicyclic) bond motifs is 2. The van der Waals surface area contributed by atoms with Crippen LogP contribution in [0.5, 0.6) is 11.5 Å². The highest BCUT2D eigenvalue weighted by molar-refractivity contribution is 5.51. The van der Waals surface area contributed by atoms with Gasteiger partial charge in [0.1, 0.15) is 5.82 Å². The van der Waals surface area contributed by atoms with Crippen molar-refractivity contribution in [3.63, 3.8) is 0 Å². The monoisotopic (exact) mass is 323 g/mol. The van der Waals surface area contributed by atoms with E-state index >= 15 is 0 Å². The number of nitrogens with zero attached hydrogens (tertiary/aromatic N) is 5. The predicted octanol–water partition coefficient (Wildman–Crippen LogP) is 2.50. The third kappa shape index (κ3) is 2.01. The molecule has 1 aromatic carbocycles. The first-order valence-electron chi connectivity index (χ1n) is 8.15. The van der Waals surface area contributed by atoms with Crippen LogP contribution in [0.3, 0.4) is 0 Å². The minimum absolute atomic E-state index is 0.293. The molecule has 0 aliphatic carbocycles. The van der Waals surface area contributed by atoms with Crippen LogP contribution in [-0.2, 0) is 0 Å². The number of benzene rings is 1. The summed E-state index contributed by atoms with van der Waals surface area (Å²) in [5, 5.41) is 12.9. The van der Waals surface area contributed by atoms with Gasteiger partial charge in [0.25, 0.3) is 0 Å². The Morgan fingerprint density at radius 1 is 1.08 bits per heavy atom. The van der Waals surface area contributed by atoms with Crippen LogP contribution in [0.25, 0.3) is 5.65 Å². The Bertz CT molecular complexity index is 922. The quantitative estimate of drug-likeness (QED) is 0.722. The molecule has 0 saturated carbocycles. The van der Waals surface area contributed by atoms with Gasteiger partial charge in [-0.05, 0) is 49.6 Å². The largest absolute Gasteiger partial charge is 0.454 e. The van der Waals surface area contributed by atoms with Crippen molar-refractivity contribution in [1.82, 2.24) is 19.8 Å². The minimum atomic E-state index is 0.293. The molecule has 3 aromatic rings. The fourth-order valence-electron chi connectivity index (χ4n) is 3.55. The standard InChI is InChI=1S/C17H17N5O2/c1-11-18-19-16-6-7-17(20-22(11)16)21-8-2-3-13(21)12-4-5-14-15(9-12)24-10-23-14/h4-7,9,13H,2-3,8,10H2,1H3/t13-/m0/s1. The molecule has 0 spiro atoms. The summed E-state index contributed by atoms with van der Waals surface area (Å²) in [5.74, 6) is 3.40. The molecule has 0 unspecified atom stereocenters. The average Bonchev–Trinajstić information content (AvgIpc) is 3.33. The van der Waals surface area contributed by atoms with Gasteiger partial charge in [-0.3, -0.25) is 0 Å². The molecule has 122 valence electrons. The fourth-order valence-corrected chi connectivity index (χ4v) is 3.55. The second kappa shape index (κ2) is 5.09. The van der Waals surface area contributed by atoms with Crippen molar-refractivity contribution in [2.75, 3.05) is 18.2 Å². The molecule has 5 rings (SSSR count). The van der Waals surface area contributed by atoms with Crippen LogP contribution in [0.2, 0.25) is 0 Å². The zero-order chi connectivity index (χ0) is 16.1. The maximum atomic E-state index is 5.53. The van der Waals surface area contributed by atoms with Crippen LogP contribution < -0.4 is 14.4 Å². The fraction of sp³-hybridized carbons (Fsp3) is 0.353. The van der Waals surface area contributed by atoms with E-state index in [9.17, 15) is 0 Å². The van der Waals surface area contributed by atoms with Gasteiger partial charge >= 0.3 is 0 Å². The van der Waals surface area contributed by atoms with E-state index in [2.05, 4.69) is 27.2 Å². The maximum Gasteiger partial charge on any atom is 0.231 e. The SMILES string of the molecule is Cc1nnc2ccc(N3CCC[C@H]3c3ccc4c(c3)OCO4)nn12. The summed E-state index contributed by atoms with van der Waals surface area (Å²) in [6.07, 6.45) is 2.24. The second-order valence-corrected chi connectivity index (χ2v) is 6.17. The Labute approximate surface area is 138 Å². The van der Waals surface area contributed by atoms with E-state index in [1.807, 2.05) is 25.1 Å². The van der Waals surface area contributed by atoms with Gasteiger partial charge in [0.15, 0.2) is 23.0 Å². The van der Waals surface area contributed by atoms with Crippen molar-refractivity contribution in [1.29, 1.82) is 0 Å². The summed E-state index contributed by atoms with van der Waals surface area (Å²) in [4.78, 5) is 2.34. The smallest absolute Gasteiger partial charge is 0.231 e. The normalized spacial score (nSPS) is 19.4. The van der Waals surface area contributed by atoms with Crippen molar-refractivity contribution in [3.8, 4) is 11.5 Å². The molecule has 7 nitrogen and oxygen atoms in total. The van der Waals surface area contributed by atoms with Crippen molar-refractivity contribution in [2.45, 2.75) is 25.8 Å². The van der Waals surface area contributed by atoms with Gasteiger partial charge < -0.3 is 14.4 Å². The van der Waals surface area contributed by atoms with Crippen molar-refractivity contribution in [2.24, 2.45) is 0 Å². The van der Waals surface area contributed by atoms with Crippen LogP contribution in [0, 0.1) is 6.92 Å². The van der Waals surface area contributed by atoms with E-state index in [4.69, 9.17) is 14.6 Å². The number of ether oxygens (including phenoxy) is 2. The zero-order valence-corrected chi connectivity index (χ0v) is 13.3. The van der Waals surface area contributed by atoms with Crippen LogP contribution in [-0.4, -0.2) is 33.1 Å². The molecule has 0 radical (unpaired) electrons. The molecule has 7 heteroatoms. The van der Waals surface area contributed by atoms with Crippen molar-refractivity contribution < 1.29 is 9.47 Å². The van der Waals surface area contributed by atoms with Crippen LogP contribution in [0.15, 0.2) is 30.3 Å². The third-order valence-corrected chi connectivity index (χ3v) is 4.73. The summed E-state index contributed by atoms with van der Waals surface area (Å²) < 4.78 is 12.7. The number of anilines is 1. The van der Waals surface area contributed by atoms with E-state index in [-0.39, 0.29) is 0 Å². The van der Waals surface area contributed by atoms with Crippen LogP contribution >= 0.6 is 0 Å². The summed E-state index contributed by atoms with van der Waals surface area (Å²) >= 11 is 0. The highest BCUT2D eigenvalue weighted by atomic mass is 16.7. The molecule has 1 atom stereocenters. The number of hydrogen-bond donors (Lipinski definition) is 0. The van der Waals surface area contributed by atoms with Gasteiger partial charge in [0.2, 0.25) is 6.79 Å². The summed E-state index contributed by atoms with van der Waals surface area (Å²) in [6, 6.07) is 10.5. The van der Waals surface area contributed by atoms with Crippen LogP contribution in [0.1, 0.15) is 30.3 Å². The Hall–Kier alpha value is -2.83. The Morgan fingerprint density at radius 2 is 2.00 bits per heavy atom. The van der Waals surface area contributed by atoms with Gasteiger partial charge in [0.05, 0.1) is 6.04 Å². The van der Waals surface area contributed by atoms with E-state index in [0.29, 0.717) is 12.8 Å². The minimum Gasteiger partial charge on any atom is -0.454 e. The molecule has 2 aromatic heterocycles. The molecule has 1 fully saturated rings. The molecule has 4 heterocycles. The molecule has 0 bridgehead atoms. The summed E-state index contributed by atoms with van der Waals surface area (Å²) in [6.45, 7) is 3.20. The lowest BCUT2D eigenvalue weighted by molar-refractivity contribution is 0.174. The first-order chi connectivity index (χ1) is 11.8. The van der Waals surface area contributed by atoms with E-state index < -0.39 is 0 Å². The van der Waals surface area contributed by atoms with Gasteiger partial charge in [0, 0.05) is 6.54 Å². The molecular formula is C17H17N5O2. The van der Waals surface area contributed by atoms with E-state index in [1.54, 1.807) is 4.52 Å². The Balaban J connectivity index is 1.53. The lowest BCUT2D eigenvalue weighted by atomic mass is 10.0. The number of hydrogen-bond acceptors (Lipinski definition) is 6. The third-order valence-electron chi connectivity index (χ3n) is 4.73. The van der Waals surface area contributed by atoms with Gasteiger partial charge in [-0.2, -0.15) is 4.52 Å². The summed E-state index contributed by atoms with van der Waals surface area (Å²) in [5.41, 5.74) is 2.01. The van der Waals surface area contributed by atoms with Gasteiger partial charge in [-0.1, -0.05) is 6.07 Å². The van der Waals surface area contributed by atoms with Gasteiger partial charge in [-0.25, -0.2) is 0 Å². The molecule has 24 heavy (non-hydrogen) atoms. The van der Waals surface area contributed by atoms with E-state index in [1.165, 1.54) is 5.56 Å². The lowest BCUT2D eigenvalue weighted by Crippen LogP contribution is -2.24. The number of aromatic nitrogens is 4. The van der Waals surface area contributed by atoms with Gasteiger partial charge in [-0.15, -0.1) is 15.3 Å². The number of aryl methyl sites for hydroxylation is 1.